The molecule has 0 rings (SSSR count). The van der Waals surface area contributed by atoms with Crippen LogP contribution < -0.4 is 28.7 Å². The van der Waals surface area contributed by atoms with Crippen molar-refractivity contribution in [2.24, 2.45) is 28.7 Å². The van der Waals surface area contributed by atoms with Crippen molar-refractivity contribution in [3.8, 4) is 0 Å². The van der Waals surface area contributed by atoms with Gasteiger partial charge >= 0.3 is 53.7 Å². The summed E-state index contributed by atoms with van der Waals surface area (Å²) in [5.74, 6) is -10.1. The van der Waals surface area contributed by atoms with Gasteiger partial charge in [-0.1, -0.05) is 0 Å². The zero-order valence-electron chi connectivity index (χ0n) is 23.6. The average molecular weight is 682 g/mol. The molecule has 0 fully saturated rings. The lowest BCUT2D eigenvalue weighted by molar-refractivity contribution is -0.144. The summed E-state index contributed by atoms with van der Waals surface area (Å²) in [6.07, 6.45) is 0.348. The Labute approximate surface area is 257 Å². The quantitative estimate of drug-likeness (QED) is 0.0731. The lowest BCUT2D eigenvalue weighted by Crippen LogP contribution is -2.32. The van der Waals surface area contributed by atoms with Crippen molar-refractivity contribution in [2.75, 3.05) is 12.0 Å². The van der Waals surface area contributed by atoms with Crippen molar-refractivity contribution < 1.29 is 89.1 Å². The molecule has 0 aromatic rings. The number of carboxylic acid groups (broad SMARTS) is 9. The van der Waals surface area contributed by atoms with Gasteiger partial charge in [0.15, 0.2) is 0 Å². The van der Waals surface area contributed by atoms with Gasteiger partial charge < -0.3 is 74.6 Å². The molecule has 24 heteroatoms. The fourth-order valence-electron chi connectivity index (χ4n) is 1.47. The highest BCUT2D eigenvalue weighted by molar-refractivity contribution is 7.98. The molecule has 0 amide bonds. The largest absolute Gasteiger partial charge is 0.481 e. The van der Waals surface area contributed by atoms with Crippen molar-refractivity contribution in [3.05, 3.63) is 0 Å². The van der Waals surface area contributed by atoms with E-state index < -0.39 is 110 Å². The second-order valence-corrected chi connectivity index (χ2v) is 8.88. The second-order valence-electron chi connectivity index (χ2n) is 7.90. The minimum Gasteiger partial charge on any atom is -0.481 e. The van der Waals surface area contributed by atoms with E-state index in [-0.39, 0.29) is 0 Å². The summed E-state index contributed by atoms with van der Waals surface area (Å²) < 4.78 is 0. The van der Waals surface area contributed by atoms with E-state index in [1.54, 1.807) is 11.8 Å². The Morgan fingerprint density at radius 2 is 0.600 bits per heavy atom. The molecule has 5 atom stereocenters. The van der Waals surface area contributed by atoms with E-state index >= 15 is 0 Å². The Balaban J connectivity index is -0.000000148. The van der Waals surface area contributed by atoms with Gasteiger partial charge in [-0.2, -0.15) is 11.8 Å². The third kappa shape index (κ3) is 44.0. The van der Waals surface area contributed by atoms with E-state index in [0.717, 1.165) is 5.75 Å². The standard InChI is InChI=1S/C5H11NO2S.4C4H7NO4/c1-9-3-2-4(6)5(7)8;4*5-2(4(8)9)1-3(6)7/h4H,2-3,6H2,1H3,(H,7,8);4*2H,1,5H2,(H,6,7)(H,8,9)/t4-;4*2-/m00000/s1. The van der Waals surface area contributed by atoms with Crippen LogP contribution >= 0.6 is 11.8 Å². The van der Waals surface area contributed by atoms with Crippen molar-refractivity contribution in [3.63, 3.8) is 0 Å². The summed E-state index contributed by atoms with van der Waals surface area (Å²) in [5.41, 5.74) is 24.5. The van der Waals surface area contributed by atoms with Gasteiger partial charge in [-0.05, 0) is 18.4 Å². The van der Waals surface area contributed by atoms with Gasteiger partial charge in [0.1, 0.15) is 30.2 Å². The molecule has 0 unspecified atom stereocenters. The van der Waals surface area contributed by atoms with E-state index in [1.165, 1.54) is 0 Å². The van der Waals surface area contributed by atoms with Crippen LogP contribution in [0.4, 0.5) is 0 Å². The highest BCUT2D eigenvalue weighted by atomic mass is 32.2. The molecule has 0 aliphatic heterocycles. The minimum atomic E-state index is -1.29. The number of hydrogen-bond donors (Lipinski definition) is 14. The van der Waals surface area contributed by atoms with E-state index in [2.05, 4.69) is 0 Å². The smallest absolute Gasteiger partial charge is 0.321 e. The summed E-state index contributed by atoms with van der Waals surface area (Å²) in [5, 5.41) is 72.4. The molecule has 45 heavy (non-hydrogen) atoms. The zero-order valence-corrected chi connectivity index (χ0v) is 24.4. The van der Waals surface area contributed by atoms with Crippen LogP contribution in [0.15, 0.2) is 0 Å². The molecule has 0 bridgehead atoms. The predicted octanol–water partition coefficient (Wildman–Crippen LogP) is -4.36. The second kappa shape index (κ2) is 29.5. The molecular formula is C21H39N5O18S. The summed E-state index contributed by atoms with van der Waals surface area (Å²) in [6.45, 7) is 0. The maximum Gasteiger partial charge on any atom is 0.321 e. The van der Waals surface area contributed by atoms with Gasteiger partial charge in [0.25, 0.3) is 0 Å². The van der Waals surface area contributed by atoms with E-state index in [4.69, 9.17) is 74.6 Å². The van der Waals surface area contributed by atoms with Crippen LogP contribution in [0.3, 0.4) is 0 Å². The first kappa shape index (κ1) is 50.0. The third-order valence-electron chi connectivity index (χ3n) is 3.80. The highest BCUT2D eigenvalue weighted by Crippen LogP contribution is 1.97. The van der Waals surface area contributed by atoms with Crippen LogP contribution in [0.5, 0.6) is 0 Å². The fraction of sp³-hybridized carbons (Fsp3) is 0.571. The number of carbonyl (C=O) groups is 9. The van der Waals surface area contributed by atoms with Crippen LogP contribution in [0, 0.1) is 0 Å². The Bertz CT molecular complexity index is 854. The normalized spacial score (nSPS) is 12.7. The average Bonchev–Trinajstić information content (AvgIpc) is 2.86. The highest BCUT2D eigenvalue weighted by Gasteiger charge is 2.16. The minimum absolute atomic E-state index is 0.532. The molecule has 0 aromatic heterocycles. The maximum atomic E-state index is 10.1. The van der Waals surface area contributed by atoms with Gasteiger partial charge in [0, 0.05) is 0 Å². The fourth-order valence-corrected chi connectivity index (χ4v) is 1.96. The summed E-state index contributed by atoms with van der Waals surface area (Å²) in [4.78, 5) is 88.5. The summed E-state index contributed by atoms with van der Waals surface area (Å²) >= 11 is 1.60. The van der Waals surface area contributed by atoms with Crippen LogP contribution in [0.1, 0.15) is 32.1 Å². The lowest BCUT2D eigenvalue weighted by atomic mass is 10.2. The zero-order chi connectivity index (χ0) is 37.0. The topological polar surface area (TPSA) is 466 Å². The molecule has 0 spiro atoms. The van der Waals surface area contributed by atoms with E-state index in [1.807, 2.05) is 6.26 Å². The van der Waals surface area contributed by atoms with Crippen LogP contribution in [0.2, 0.25) is 0 Å². The third-order valence-corrected chi connectivity index (χ3v) is 4.44. The van der Waals surface area contributed by atoms with Crippen LogP contribution in [-0.4, -0.2) is 142 Å². The number of hydrogen-bond acceptors (Lipinski definition) is 15. The molecule has 262 valence electrons. The first-order valence-corrected chi connectivity index (χ1v) is 13.0. The Kier molecular flexibility index (Phi) is 32.7. The Morgan fingerprint density at radius 1 is 0.422 bits per heavy atom. The van der Waals surface area contributed by atoms with Gasteiger partial charge in [-0.3, -0.25) is 43.2 Å². The maximum absolute atomic E-state index is 10.1. The molecule has 23 nitrogen and oxygen atoms in total. The van der Waals surface area contributed by atoms with E-state index in [9.17, 15) is 43.2 Å². The van der Waals surface area contributed by atoms with E-state index in [0.29, 0.717) is 6.42 Å². The SMILES string of the molecule is CSCC[C@H](N)C(=O)O.N[C@@H](CC(=O)O)C(=O)O.N[C@@H](CC(=O)O)C(=O)O.N[C@@H](CC(=O)O)C(=O)O.N[C@@H](CC(=O)O)C(=O)O. The monoisotopic (exact) mass is 681 g/mol. The molecule has 19 N–H and O–H groups in total. The molecule has 0 heterocycles. The van der Waals surface area contributed by atoms with Gasteiger partial charge in [0.05, 0.1) is 25.7 Å². The van der Waals surface area contributed by atoms with Crippen molar-refractivity contribution in [2.45, 2.75) is 62.3 Å². The van der Waals surface area contributed by atoms with Crippen molar-refractivity contribution in [1.82, 2.24) is 0 Å². The Hall–Kier alpha value is -4.62. The predicted molar refractivity (Wildman–Crippen MR) is 150 cm³/mol. The number of aliphatic carboxylic acids is 9. The first-order valence-electron chi connectivity index (χ1n) is 11.6. The number of carboxylic acids is 9. The number of rotatable bonds is 16. The molecule has 0 aliphatic carbocycles. The van der Waals surface area contributed by atoms with Gasteiger partial charge in [-0.15, -0.1) is 0 Å². The van der Waals surface area contributed by atoms with Crippen LogP contribution in [0.25, 0.3) is 0 Å². The summed E-state index contributed by atoms with van der Waals surface area (Å²) in [6, 6.07) is -5.84. The molecule has 0 aromatic carbocycles. The first-order chi connectivity index (χ1) is 20.3. The molecule has 0 radical (unpaired) electrons. The van der Waals surface area contributed by atoms with Crippen molar-refractivity contribution in [1.29, 1.82) is 0 Å². The molecule has 0 saturated carbocycles. The van der Waals surface area contributed by atoms with Gasteiger partial charge in [-0.25, -0.2) is 0 Å². The Morgan fingerprint density at radius 3 is 0.689 bits per heavy atom. The molecule has 0 aliphatic rings. The number of thioether (sulfide) groups is 1. The lowest BCUT2D eigenvalue weighted by Gasteiger charge is -2.02. The van der Waals surface area contributed by atoms with Gasteiger partial charge in [0.2, 0.25) is 0 Å². The van der Waals surface area contributed by atoms with Crippen LogP contribution in [-0.2, 0) is 43.2 Å². The summed E-state index contributed by atoms with van der Waals surface area (Å²) in [7, 11) is 0. The molecular weight excluding hydrogens is 642 g/mol. The molecule has 0 saturated heterocycles. The van der Waals surface area contributed by atoms with Crippen molar-refractivity contribution >= 4 is 65.5 Å². The number of nitrogens with two attached hydrogens (primary N) is 5.